The van der Waals surface area contributed by atoms with Crippen molar-refractivity contribution in [1.82, 2.24) is 0 Å². The number of hydrogen-bond donors (Lipinski definition) is 0. The molecule has 0 amide bonds. The van der Waals surface area contributed by atoms with Crippen molar-refractivity contribution in [2.45, 2.75) is 12.4 Å². The monoisotopic (exact) mass is 214 g/mol. The highest BCUT2D eigenvalue weighted by Gasteiger charge is 2.50. The second-order valence-corrected chi connectivity index (χ2v) is 2.63. The summed E-state index contributed by atoms with van der Waals surface area (Å²) in [6.07, 6.45) is -7.76. The molecular formula is C8H4F6. The van der Waals surface area contributed by atoms with Gasteiger partial charge in [-0.1, -0.05) is 12.2 Å². The maximum Gasteiger partial charge on any atom is 0.420 e. The number of alkyl halides is 6. The normalized spacial score (nSPS) is 22.4. The lowest BCUT2D eigenvalue weighted by Gasteiger charge is -2.21. The molecule has 6 heteroatoms. The molecule has 0 heterocycles. The molecule has 0 nitrogen and oxygen atoms in total. The average molecular weight is 214 g/mol. The van der Waals surface area contributed by atoms with E-state index in [1.807, 2.05) is 0 Å². The predicted molar refractivity (Wildman–Crippen MR) is 36.3 cm³/mol. The zero-order chi connectivity index (χ0) is 11.0. The van der Waals surface area contributed by atoms with Crippen LogP contribution in [-0.2, 0) is 0 Å². The topological polar surface area (TPSA) is 0 Å². The first kappa shape index (κ1) is 10.9. The molecule has 1 atom stereocenters. The molecule has 1 aliphatic carbocycles. The van der Waals surface area contributed by atoms with Gasteiger partial charge in [0.05, 0.1) is 5.57 Å². The quantitative estimate of drug-likeness (QED) is 0.428. The van der Waals surface area contributed by atoms with Crippen LogP contribution in [0.3, 0.4) is 0 Å². The van der Waals surface area contributed by atoms with Crippen molar-refractivity contribution < 1.29 is 26.3 Å². The van der Waals surface area contributed by atoms with Crippen LogP contribution in [0.25, 0.3) is 0 Å². The minimum Gasteiger partial charge on any atom is -0.170 e. The van der Waals surface area contributed by atoms with E-state index in [0.29, 0.717) is 6.08 Å². The zero-order valence-electron chi connectivity index (χ0n) is 6.58. The second kappa shape index (κ2) is 3.20. The summed E-state index contributed by atoms with van der Waals surface area (Å²) < 4.78 is 72.5. The number of rotatable bonds is 0. The molecule has 1 aliphatic rings. The lowest BCUT2D eigenvalue weighted by molar-refractivity contribution is -0.174. The number of allylic oxidation sites excluding steroid dienone is 3. The van der Waals surface area contributed by atoms with Gasteiger partial charge in [-0.05, 0) is 6.08 Å². The van der Waals surface area contributed by atoms with Crippen LogP contribution in [0.5, 0.6) is 0 Å². The molecule has 0 N–H and O–H groups in total. The van der Waals surface area contributed by atoms with Gasteiger partial charge in [0, 0.05) is 0 Å². The van der Waals surface area contributed by atoms with Crippen molar-refractivity contribution in [2.75, 3.05) is 0 Å². The molecule has 0 aliphatic heterocycles. The van der Waals surface area contributed by atoms with Crippen LogP contribution in [0, 0.1) is 5.92 Å². The van der Waals surface area contributed by atoms with Gasteiger partial charge in [-0.3, -0.25) is 0 Å². The SMILES string of the molecule is FC(F)(F)C1=C=CC=CC1C(F)(F)F. The Kier molecular flexibility index (Phi) is 2.50. The van der Waals surface area contributed by atoms with Gasteiger partial charge < -0.3 is 0 Å². The summed E-state index contributed by atoms with van der Waals surface area (Å²) in [4.78, 5) is 0. The van der Waals surface area contributed by atoms with Crippen LogP contribution in [-0.4, -0.2) is 12.4 Å². The van der Waals surface area contributed by atoms with E-state index in [2.05, 4.69) is 0 Å². The van der Waals surface area contributed by atoms with Crippen LogP contribution in [0.2, 0.25) is 0 Å². The van der Waals surface area contributed by atoms with Crippen molar-refractivity contribution in [2.24, 2.45) is 5.92 Å². The molecule has 0 spiro atoms. The highest BCUT2D eigenvalue weighted by molar-refractivity contribution is 5.27. The van der Waals surface area contributed by atoms with E-state index >= 15 is 0 Å². The molecule has 0 aromatic rings. The lowest BCUT2D eigenvalue weighted by Crippen LogP contribution is -2.30. The van der Waals surface area contributed by atoms with Gasteiger partial charge in [-0.25, -0.2) is 0 Å². The van der Waals surface area contributed by atoms with E-state index in [0.717, 1.165) is 12.2 Å². The maximum absolute atomic E-state index is 12.1. The largest absolute Gasteiger partial charge is 0.420 e. The number of hydrogen-bond acceptors (Lipinski definition) is 0. The van der Waals surface area contributed by atoms with Crippen LogP contribution in [0.4, 0.5) is 26.3 Å². The fourth-order valence-electron chi connectivity index (χ4n) is 1.02. The molecule has 1 unspecified atom stereocenters. The van der Waals surface area contributed by atoms with Gasteiger partial charge in [0.15, 0.2) is 0 Å². The highest BCUT2D eigenvalue weighted by atomic mass is 19.4. The molecule has 78 valence electrons. The van der Waals surface area contributed by atoms with Crippen LogP contribution in [0.1, 0.15) is 0 Å². The Morgan fingerprint density at radius 2 is 1.64 bits per heavy atom. The highest BCUT2D eigenvalue weighted by Crippen LogP contribution is 2.41. The molecule has 1 rings (SSSR count). The Labute approximate surface area is 75.2 Å². The molecule has 0 aromatic carbocycles. The average Bonchev–Trinajstić information content (AvgIpc) is 2.01. The summed E-state index contributed by atoms with van der Waals surface area (Å²) in [5.41, 5.74) is -0.126. The van der Waals surface area contributed by atoms with Gasteiger partial charge in [-0.15, -0.1) is 5.73 Å². The van der Waals surface area contributed by atoms with Crippen molar-refractivity contribution in [3.05, 3.63) is 29.5 Å². The summed E-state index contributed by atoms with van der Waals surface area (Å²) in [5, 5.41) is 0. The molecule has 0 saturated heterocycles. The van der Waals surface area contributed by atoms with Crippen LogP contribution < -0.4 is 0 Å². The Morgan fingerprint density at radius 1 is 1.07 bits per heavy atom. The molecular weight excluding hydrogens is 210 g/mol. The molecule has 0 bridgehead atoms. The summed E-state index contributed by atoms with van der Waals surface area (Å²) in [7, 11) is 0. The first-order valence-corrected chi connectivity index (χ1v) is 3.50. The first-order chi connectivity index (χ1) is 6.23. The van der Waals surface area contributed by atoms with Gasteiger partial charge in [0.2, 0.25) is 0 Å². The van der Waals surface area contributed by atoms with Crippen molar-refractivity contribution in [3.63, 3.8) is 0 Å². The summed E-state index contributed by atoms with van der Waals surface area (Å²) in [6, 6.07) is 0. The Balaban J connectivity index is 3.11. The third-order valence-corrected chi connectivity index (χ3v) is 1.61. The van der Waals surface area contributed by atoms with Crippen LogP contribution in [0.15, 0.2) is 29.5 Å². The minimum atomic E-state index is -5.00. The Hall–Kier alpha value is -1.16. The predicted octanol–water partition coefficient (Wildman–Crippen LogP) is 3.38. The molecule has 0 fully saturated rings. The molecule has 0 radical (unpaired) electrons. The minimum absolute atomic E-state index is 0.458. The zero-order valence-corrected chi connectivity index (χ0v) is 6.58. The Bertz CT molecular complexity index is 310. The smallest absolute Gasteiger partial charge is 0.170 e. The number of halogens is 6. The van der Waals surface area contributed by atoms with E-state index in [-0.39, 0.29) is 0 Å². The van der Waals surface area contributed by atoms with Gasteiger partial charge in [0.25, 0.3) is 0 Å². The standard InChI is InChI=1S/C8H4F6/c9-7(10,11)5-3-1-2-4-6(5)8(12,13)14/h1-3,5H. The lowest BCUT2D eigenvalue weighted by atomic mass is 9.95. The van der Waals surface area contributed by atoms with Gasteiger partial charge in [0.1, 0.15) is 5.92 Å². The van der Waals surface area contributed by atoms with Gasteiger partial charge >= 0.3 is 12.4 Å². The second-order valence-electron chi connectivity index (χ2n) is 2.63. The van der Waals surface area contributed by atoms with E-state index in [1.165, 1.54) is 0 Å². The van der Waals surface area contributed by atoms with E-state index in [1.54, 1.807) is 5.73 Å². The van der Waals surface area contributed by atoms with E-state index in [9.17, 15) is 26.3 Å². The first-order valence-electron chi connectivity index (χ1n) is 3.50. The van der Waals surface area contributed by atoms with Crippen LogP contribution >= 0.6 is 0 Å². The van der Waals surface area contributed by atoms with E-state index in [4.69, 9.17) is 0 Å². The van der Waals surface area contributed by atoms with Crippen molar-refractivity contribution in [3.8, 4) is 0 Å². The summed E-state index contributed by atoms with van der Waals surface area (Å²) in [6.45, 7) is 0. The van der Waals surface area contributed by atoms with Crippen molar-refractivity contribution in [1.29, 1.82) is 0 Å². The van der Waals surface area contributed by atoms with Crippen molar-refractivity contribution >= 4 is 0 Å². The molecule has 0 aromatic heterocycles. The van der Waals surface area contributed by atoms with E-state index < -0.39 is 23.8 Å². The van der Waals surface area contributed by atoms with Gasteiger partial charge in [-0.2, -0.15) is 26.3 Å². The maximum atomic E-state index is 12.1. The third kappa shape index (κ3) is 2.20. The molecule has 14 heavy (non-hydrogen) atoms. The Morgan fingerprint density at radius 3 is 2.00 bits per heavy atom. The molecule has 0 saturated carbocycles. The fourth-order valence-corrected chi connectivity index (χ4v) is 1.02. The summed E-state index contributed by atoms with van der Waals surface area (Å²) >= 11 is 0. The summed E-state index contributed by atoms with van der Waals surface area (Å²) in [5.74, 6) is -2.60. The fraction of sp³-hybridized carbons (Fsp3) is 0.375. The third-order valence-electron chi connectivity index (χ3n) is 1.61.